The van der Waals surface area contributed by atoms with Gasteiger partial charge in [0.25, 0.3) is 11.8 Å². The number of nitrogens with two attached hydrogens (primary N) is 1. The lowest BCUT2D eigenvalue weighted by atomic mass is 10.2. The lowest BCUT2D eigenvalue weighted by molar-refractivity contribution is 0.100. The van der Waals surface area contributed by atoms with Crippen molar-refractivity contribution < 1.29 is 9.59 Å². The summed E-state index contributed by atoms with van der Waals surface area (Å²) in [7, 11) is 0. The molecule has 0 atom stereocenters. The molecular weight excluding hydrogens is 252 g/mol. The summed E-state index contributed by atoms with van der Waals surface area (Å²) in [4.78, 5) is 30.9. The second-order valence-corrected chi connectivity index (χ2v) is 4.57. The molecule has 2 aromatic rings. The van der Waals surface area contributed by atoms with E-state index in [2.05, 4.69) is 15.3 Å². The predicted molar refractivity (Wildman–Crippen MR) is 67.6 cm³/mol. The predicted octanol–water partition coefficient (Wildman–Crippen LogP) is 1.20. The minimum Gasteiger partial charge on any atom is -0.365 e. The highest BCUT2D eigenvalue weighted by molar-refractivity contribution is 7.17. The number of thiazole rings is 1. The van der Waals surface area contributed by atoms with Gasteiger partial charge in [0.15, 0.2) is 5.13 Å². The van der Waals surface area contributed by atoms with Gasteiger partial charge >= 0.3 is 0 Å². The highest BCUT2D eigenvalue weighted by Crippen LogP contribution is 2.18. The maximum Gasteiger partial charge on any atom is 0.260 e. The fourth-order valence-electron chi connectivity index (χ4n) is 1.22. The number of nitrogens with zero attached hydrogens (tertiary/aromatic N) is 2. The van der Waals surface area contributed by atoms with E-state index in [1.807, 2.05) is 6.92 Å². The van der Waals surface area contributed by atoms with Crippen LogP contribution in [0.3, 0.4) is 0 Å². The molecule has 0 unspecified atom stereocenters. The van der Waals surface area contributed by atoms with Gasteiger partial charge in [0.05, 0.1) is 11.8 Å². The zero-order valence-corrected chi connectivity index (χ0v) is 10.3. The number of rotatable bonds is 3. The summed E-state index contributed by atoms with van der Waals surface area (Å²) in [5, 5.41) is 2.90. The van der Waals surface area contributed by atoms with Gasteiger partial charge in [0.2, 0.25) is 0 Å². The third-order valence-electron chi connectivity index (χ3n) is 2.14. The van der Waals surface area contributed by atoms with Crippen LogP contribution in [0.4, 0.5) is 5.13 Å². The number of nitrogens with one attached hydrogen (secondary N) is 1. The Bertz CT molecular complexity index is 591. The van der Waals surface area contributed by atoms with Gasteiger partial charge in [0.1, 0.15) is 4.88 Å². The summed E-state index contributed by atoms with van der Waals surface area (Å²) in [6.07, 6.45) is 2.81. The van der Waals surface area contributed by atoms with Crippen molar-refractivity contribution in [2.24, 2.45) is 5.73 Å². The van der Waals surface area contributed by atoms with E-state index in [1.165, 1.54) is 12.4 Å². The zero-order valence-electron chi connectivity index (χ0n) is 9.51. The largest absolute Gasteiger partial charge is 0.365 e. The van der Waals surface area contributed by atoms with E-state index in [4.69, 9.17) is 5.73 Å². The molecular formula is C11H10N4O2S. The SMILES string of the molecule is Cc1ccc(C(=O)Nc2ncc(C(N)=O)s2)cn1. The fourth-order valence-corrected chi connectivity index (χ4v) is 1.88. The lowest BCUT2D eigenvalue weighted by Crippen LogP contribution is -2.12. The van der Waals surface area contributed by atoms with Crippen molar-refractivity contribution in [3.05, 3.63) is 40.7 Å². The summed E-state index contributed by atoms with van der Waals surface area (Å²) in [6.45, 7) is 1.83. The molecule has 0 fully saturated rings. The van der Waals surface area contributed by atoms with Crippen LogP contribution >= 0.6 is 11.3 Å². The average Bonchev–Trinajstić information content (AvgIpc) is 2.78. The first-order valence-electron chi connectivity index (χ1n) is 5.06. The molecule has 0 aliphatic heterocycles. The number of hydrogen-bond acceptors (Lipinski definition) is 5. The van der Waals surface area contributed by atoms with Gasteiger partial charge in [-0.1, -0.05) is 11.3 Å². The van der Waals surface area contributed by atoms with Crippen LogP contribution in [0.2, 0.25) is 0 Å². The Labute approximate surface area is 107 Å². The second kappa shape index (κ2) is 4.92. The summed E-state index contributed by atoms with van der Waals surface area (Å²) in [5.74, 6) is -0.891. The van der Waals surface area contributed by atoms with Crippen LogP contribution < -0.4 is 11.1 Å². The Kier molecular flexibility index (Phi) is 3.33. The van der Waals surface area contributed by atoms with E-state index in [-0.39, 0.29) is 5.91 Å². The number of aromatic nitrogens is 2. The maximum atomic E-state index is 11.8. The van der Waals surface area contributed by atoms with Gasteiger partial charge in [-0.3, -0.25) is 19.9 Å². The lowest BCUT2D eigenvalue weighted by Gasteiger charge is -2.01. The summed E-state index contributed by atoms with van der Waals surface area (Å²) < 4.78 is 0. The molecule has 92 valence electrons. The number of carbonyl (C=O) groups excluding carboxylic acids is 2. The smallest absolute Gasteiger partial charge is 0.260 e. The summed E-state index contributed by atoms with van der Waals surface area (Å²) >= 11 is 1.03. The molecule has 6 nitrogen and oxygen atoms in total. The Morgan fingerprint density at radius 1 is 1.28 bits per heavy atom. The van der Waals surface area contributed by atoms with Gasteiger partial charge in [-0.15, -0.1) is 0 Å². The second-order valence-electron chi connectivity index (χ2n) is 3.54. The highest BCUT2D eigenvalue weighted by Gasteiger charge is 2.11. The van der Waals surface area contributed by atoms with Crippen molar-refractivity contribution in [2.75, 3.05) is 5.32 Å². The molecule has 2 aromatic heterocycles. The summed E-state index contributed by atoms with van der Waals surface area (Å²) in [6, 6.07) is 3.41. The number of pyridine rings is 1. The topological polar surface area (TPSA) is 98.0 Å². The Morgan fingerprint density at radius 3 is 2.61 bits per heavy atom. The molecule has 2 rings (SSSR count). The molecule has 0 bridgehead atoms. The van der Waals surface area contributed by atoms with Crippen LogP contribution in [0.1, 0.15) is 25.7 Å². The van der Waals surface area contributed by atoms with Crippen LogP contribution in [-0.2, 0) is 0 Å². The van der Waals surface area contributed by atoms with Crippen LogP contribution in [0.15, 0.2) is 24.5 Å². The molecule has 0 radical (unpaired) electrons. The fraction of sp³-hybridized carbons (Fsp3) is 0.0909. The first kappa shape index (κ1) is 12.2. The molecule has 0 aromatic carbocycles. The standard InChI is InChI=1S/C11H10N4O2S/c1-6-2-3-7(4-13-6)10(17)15-11-14-5-8(18-11)9(12)16/h2-5H,1H3,(H2,12,16)(H,14,15,17). The quantitative estimate of drug-likeness (QED) is 0.868. The van der Waals surface area contributed by atoms with Crippen molar-refractivity contribution in [2.45, 2.75) is 6.92 Å². The van der Waals surface area contributed by atoms with E-state index in [1.54, 1.807) is 12.1 Å². The third-order valence-corrected chi connectivity index (χ3v) is 3.07. The van der Waals surface area contributed by atoms with Crippen LogP contribution in [0.5, 0.6) is 0 Å². The third kappa shape index (κ3) is 2.69. The number of anilines is 1. The van der Waals surface area contributed by atoms with Gasteiger partial charge in [-0.25, -0.2) is 4.98 Å². The molecule has 3 N–H and O–H groups in total. The molecule has 2 heterocycles. The molecule has 0 saturated heterocycles. The Hall–Kier alpha value is -2.28. The molecule has 0 aliphatic rings. The molecule has 2 amide bonds. The van der Waals surface area contributed by atoms with E-state index in [0.29, 0.717) is 15.6 Å². The molecule has 7 heteroatoms. The normalized spacial score (nSPS) is 10.1. The molecule has 0 saturated carbocycles. The van der Waals surface area contributed by atoms with Crippen molar-refractivity contribution in [3.8, 4) is 0 Å². The van der Waals surface area contributed by atoms with Gasteiger partial charge in [-0.2, -0.15) is 0 Å². The zero-order chi connectivity index (χ0) is 13.1. The molecule has 18 heavy (non-hydrogen) atoms. The maximum absolute atomic E-state index is 11.8. The van der Waals surface area contributed by atoms with Gasteiger partial charge < -0.3 is 5.73 Å². The van der Waals surface area contributed by atoms with Crippen LogP contribution in [0, 0.1) is 6.92 Å². The van der Waals surface area contributed by atoms with Crippen molar-refractivity contribution in [1.29, 1.82) is 0 Å². The number of amides is 2. The van der Waals surface area contributed by atoms with E-state index < -0.39 is 5.91 Å². The Morgan fingerprint density at radius 2 is 2.06 bits per heavy atom. The van der Waals surface area contributed by atoms with E-state index in [9.17, 15) is 9.59 Å². The first-order chi connectivity index (χ1) is 8.56. The monoisotopic (exact) mass is 262 g/mol. The number of aryl methyl sites for hydroxylation is 1. The van der Waals surface area contributed by atoms with E-state index in [0.717, 1.165) is 17.0 Å². The summed E-state index contributed by atoms with van der Waals surface area (Å²) in [5.41, 5.74) is 6.35. The van der Waals surface area contributed by atoms with Gasteiger partial charge in [-0.05, 0) is 19.1 Å². The van der Waals surface area contributed by atoms with Crippen LogP contribution in [-0.4, -0.2) is 21.8 Å². The number of hydrogen-bond donors (Lipinski definition) is 2. The minimum absolute atomic E-state index is 0.298. The van der Waals surface area contributed by atoms with Crippen molar-refractivity contribution in [1.82, 2.24) is 9.97 Å². The number of primary amides is 1. The Balaban J connectivity index is 2.11. The minimum atomic E-state index is -0.565. The molecule has 0 aliphatic carbocycles. The number of carbonyl (C=O) groups is 2. The van der Waals surface area contributed by atoms with Crippen LogP contribution in [0.25, 0.3) is 0 Å². The highest BCUT2D eigenvalue weighted by atomic mass is 32.1. The van der Waals surface area contributed by atoms with Gasteiger partial charge in [0, 0.05) is 11.9 Å². The van der Waals surface area contributed by atoms with Crippen molar-refractivity contribution in [3.63, 3.8) is 0 Å². The van der Waals surface area contributed by atoms with E-state index >= 15 is 0 Å². The van der Waals surface area contributed by atoms with Crippen molar-refractivity contribution >= 4 is 28.3 Å². The first-order valence-corrected chi connectivity index (χ1v) is 5.87. The average molecular weight is 262 g/mol. The molecule has 0 spiro atoms.